The van der Waals surface area contributed by atoms with E-state index in [0.29, 0.717) is 6.42 Å². The number of nitrogens with two attached hydrogens (primary N) is 2. The van der Waals surface area contributed by atoms with E-state index in [9.17, 15) is 9.59 Å². The van der Waals surface area contributed by atoms with Crippen LogP contribution in [0.5, 0.6) is 0 Å². The van der Waals surface area contributed by atoms with Gasteiger partial charge in [0, 0.05) is 12.5 Å². The average molecular weight is 187 g/mol. The van der Waals surface area contributed by atoms with Crippen molar-refractivity contribution in [3.63, 3.8) is 0 Å². The van der Waals surface area contributed by atoms with Gasteiger partial charge in [-0.25, -0.2) is 0 Å². The fraction of sp³-hybridized carbons (Fsp3) is 0.750. The van der Waals surface area contributed by atoms with E-state index in [2.05, 4.69) is 5.32 Å². The van der Waals surface area contributed by atoms with Gasteiger partial charge in [0.25, 0.3) is 0 Å². The predicted octanol–water partition coefficient (Wildman–Crippen LogP) is -1.04. The summed E-state index contributed by atoms with van der Waals surface area (Å²) in [6.07, 6.45) is 0.661. The lowest BCUT2D eigenvalue weighted by Gasteiger charge is -2.15. The standard InChI is InChI=1S/C8H17N3O2/c1-3-6(4-9)8(13)11-5(2)7(10)12/h5-6H,3-4,9H2,1-2H3,(H2,10,12)(H,11,13). The van der Waals surface area contributed by atoms with Crippen LogP contribution in [-0.4, -0.2) is 24.4 Å². The number of carbonyl (C=O) groups is 2. The van der Waals surface area contributed by atoms with Crippen molar-refractivity contribution in [1.29, 1.82) is 0 Å². The summed E-state index contributed by atoms with van der Waals surface area (Å²) in [7, 11) is 0. The molecule has 0 aromatic rings. The van der Waals surface area contributed by atoms with Crippen LogP contribution in [0.25, 0.3) is 0 Å². The SMILES string of the molecule is CCC(CN)C(=O)NC(C)C(N)=O. The second-order valence-electron chi connectivity index (χ2n) is 2.97. The van der Waals surface area contributed by atoms with Crippen molar-refractivity contribution < 1.29 is 9.59 Å². The van der Waals surface area contributed by atoms with E-state index in [-0.39, 0.29) is 18.4 Å². The van der Waals surface area contributed by atoms with Crippen LogP contribution in [0.1, 0.15) is 20.3 Å². The van der Waals surface area contributed by atoms with Crippen molar-refractivity contribution in [2.75, 3.05) is 6.54 Å². The normalized spacial score (nSPS) is 14.7. The molecular weight excluding hydrogens is 170 g/mol. The van der Waals surface area contributed by atoms with E-state index >= 15 is 0 Å². The van der Waals surface area contributed by atoms with Crippen molar-refractivity contribution in [3.8, 4) is 0 Å². The Morgan fingerprint density at radius 3 is 2.31 bits per heavy atom. The van der Waals surface area contributed by atoms with E-state index < -0.39 is 11.9 Å². The molecule has 2 atom stereocenters. The van der Waals surface area contributed by atoms with Gasteiger partial charge in [0.05, 0.1) is 0 Å². The second-order valence-corrected chi connectivity index (χ2v) is 2.97. The van der Waals surface area contributed by atoms with Crippen LogP contribution >= 0.6 is 0 Å². The van der Waals surface area contributed by atoms with Gasteiger partial charge in [0.2, 0.25) is 11.8 Å². The third-order valence-electron chi connectivity index (χ3n) is 1.93. The molecule has 0 heterocycles. The minimum absolute atomic E-state index is 0.212. The molecule has 0 aromatic carbocycles. The Morgan fingerprint density at radius 1 is 1.46 bits per heavy atom. The maximum absolute atomic E-state index is 11.3. The summed E-state index contributed by atoms with van der Waals surface area (Å²) in [5, 5.41) is 2.49. The molecule has 2 unspecified atom stereocenters. The summed E-state index contributed by atoms with van der Waals surface area (Å²) in [6.45, 7) is 3.70. The van der Waals surface area contributed by atoms with Gasteiger partial charge in [0.1, 0.15) is 6.04 Å². The van der Waals surface area contributed by atoms with Gasteiger partial charge >= 0.3 is 0 Å². The van der Waals surface area contributed by atoms with Crippen LogP contribution in [0.15, 0.2) is 0 Å². The molecule has 0 spiro atoms. The number of hydrogen-bond donors (Lipinski definition) is 3. The highest BCUT2D eigenvalue weighted by molar-refractivity contribution is 5.87. The molecule has 5 nitrogen and oxygen atoms in total. The van der Waals surface area contributed by atoms with E-state index in [4.69, 9.17) is 11.5 Å². The summed E-state index contributed by atoms with van der Waals surface area (Å²) >= 11 is 0. The van der Waals surface area contributed by atoms with Crippen molar-refractivity contribution in [1.82, 2.24) is 5.32 Å². The average Bonchev–Trinajstić information content (AvgIpc) is 2.06. The molecule has 0 rings (SSSR count). The first-order valence-corrected chi connectivity index (χ1v) is 4.32. The molecule has 0 fully saturated rings. The zero-order chi connectivity index (χ0) is 10.4. The third-order valence-corrected chi connectivity index (χ3v) is 1.93. The molecule has 5 N–H and O–H groups in total. The Labute approximate surface area is 77.8 Å². The smallest absolute Gasteiger partial charge is 0.239 e. The fourth-order valence-corrected chi connectivity index (χ4v) is 0.861. The zero-order valence-corrected chi connectivity index (χ0v) is 8.04. The lowest BCUT2D eigenvalue weighted by molar-refractivity contribution is -0.129. The number of hydrogen-bond acceptors (Lipinski definition) is 3. The van der Waals surface area contributed by atoms with E-state index in [1.54, 1.807) is 6.92 Å². The summed E-state index contributed by atoms with van der Waals surface area (Å²) < 4.78 is 0. The lowest BCUT2D eigenvalue weighted by Crippen LogP contribution is -2.45. The molecule has 0 bridgehead atoms. The van der Waals surface area contributed by atoms with Gasteiger partial charge in [-0.3, -0.25) is 9.59 Å². The maximum atomic E-state index is 11.3. The second kappa shape index (κ2) is 5.53. The molecule has 0 radical (unpaired) electrons. The number of carbonyl (C=O) groups excluding carboxylic acids is 2. The first-order valence-electron chi connectivity index (χ1n) is 4.32. The first-order chi connectivity index (χ1) is 6.02. The van der Waals surface area contributed by atoms with Crippen molar-refractivity contribution in [2.45, 2.75) is 26.3 Å². The summed E-state index contributed by atoms with van der Waals surface area (Å²) in [4.78, 5) is 21.9. The Bertz CT molecular complexity index is 190. The van der Waals surface area contributed by atoms with Crippen LogP contribution in [0.3, 0.4) is 0 Å². The number of rotatable bonds is 5. The van der Waals surface area contributed by atoms with Gasteiger partial charge in [-0.15, -0.1) is 0 Å². The van der Waals surface area contributed by atoms with E-state index in [1.165, 1.54) is 0 Å². The molecule has 0 saturated heterocycles. The molecule has 2 amide bonds. The molecule has 76 valence electrons. The van der Waals surface area contributed by atoms with Crippen molar-refractivity contribution in [2.24, 2.45) is 17.4 Å². The van der Waals surface area contributed by atoms with Gasteiger partial charge in [-0.05, 0) is 13.3 Å². The Kier molecular flexibility index (Phi) is 5.06. The van der Waals surface area contributed by atoms with Crippen molar-refractivity contribution >= 4 is 11.8 Å². The van der Waals surface area contributed by atoms with Crippen LogP contribution in [-0.2, 0) is 9.59 Å². The summed E-state index contributed by atoms with van der Waals surface area (Å²) in [6, 6.07) is -0.631. The van der Waals surface area contributed by atoms with Crippen LogP contribution in [0.2, 0.25) is 0 Å². The topological polar surface area (TPSA) is 98.2 Å². The molecule has 0 saturated carbocycles. The Balaban J connectivity index is 4.05. The minimum atomic E-state index is -0.631. The first kappa shape index (κ1) is 11.9. The molecule has 0 aliphatic carbocycles. The highest BCUT2D eigenvalue weighted by Gasteiger charge is 2.18. The van der Waals surface area contributed by atoms with Gasteiger partial charge < -0.3 is 16.8 Å². The third kappa shape index (κ3) is 3.89. The van der Waals surface area contributed by atoms with Gasteiger partial charge in [-0.2, -0.15) is 0 Å². The van der Waals surface area contributed by atoms with E-state index in [1.807, 2.05) is 6.92 Å². The molecule has 0 aliphatic rings. The fourth-order valence-electron chi connectivity index (χ4n) is 0.861. The summed E-state index contributed by atoms with van der Waals surface area (Å²) in [5.41, 5.74) is 10.3. The van der Waals surface area contributed by atoms with Crippen LogP contribution < -0.4 is 16.8 Å². The lowest BCUT2D eigenvalue weighted by atomic mass is 10.1. The largest absolute Gasteiger partial charge is 0.368 e. The molecule has 13 heavy (non-hydrogen) atoms. The minimum Gasteiger partial charge on any atom is -0.368 e. The molecule has 0 aromatic heterocycles. The predicted molar refractivity (Wildman–Crippen MR) is 49.6 cm³/mol. The zero-order valence-electron chi connectivity index (χ0n) is 8.04. The van der Waals surface area contributed by atoms with E-state index in [0.717, 1.165) is 0 Å². The summed E-state index contributed by atoms with van der Waals surface area (Å²) in [5.74, 6) is -0.988. The Hall–Kier alpha value is -1.10. The van der Waals surface area contributed by atoms with Crippen molar-refractivity contribution in [3.05, 3.63) is 0 Å². The number of primary amides is 1. The highest BCUT2D eigenvalue weighted by Crippen LogP contribution is 1.99. The Morgan fingerprint density at radius 2 is 2.00 bits per heavy atom. The molecular formula is C8H17N3O2. The monoisotopic (exact) mass is 187 g/mol. The quantitative estimate of drug-likeness (QED) is 0.512. The molecule has 5 heteroatoms. The maximum Gasteiger partial charge on any atom is 0.239 e. The van der Waals surface area contributed by atoms with Crippen LogP contribution in [0.4, 0.5) is 0 Å². The van der Waals surface area contributed by atoms with Gasteiger partial charge in [0.15, 0.2) is 0 Å². The molecule has 0 aliphatic heterocycles. The van der Waals surface area contributed by atoms with Crippen LogP contribution in [0, 0.1) is 5.92 Å². The number of nitrogens with one attached hydrogen (secondary N) is 1. The van der Waals surface area contributed by atoms with Gasteiger partial charge in [-0.1, -0.05) is 6.92 Å². The number of amides is 2. The highest BCUT2D eigenvalue weighted by atomic mass is 16.2.